The number of hydrogen-bond donors (Lipinski definition) is 0. The lowest BCUT2D eigenvalue weighted by Crippen LogP contribution is -2.32. The number of carbonyl (C=O) groups is 2. The Labute approximate surface area is 118 Å². The van der Waals surface area contributed by atoms with E-state index in [9.17, 15) is 9.59 Å². The molecule has 1 unspecified atom stereocenters. The molecule has 0 radical (unpaired) electrons. The van der Waals surface area contributed by atoms with Crippen LogP contribution < -0.4 is 0 Å². The van der Waals surface area contributed by atoms with Gasteiger partial charge in [0.15, 0.2) is 0 Å². The quantitative estimate of drug-likeness (QED) is 0.568. The van der Waals surface area contributed by atoms with Crippen LogP contribution in [0.1, 0.15) is 23.7 Å². The zero-order valence-corrected chi connectivity index (χ0v) is 12.2. The highest BCUT2D eigenvalue weighted by Gasteiger charge is 2.31. The normalized spacial score (nSPS) is 19.8. The summed E-state index contributed by atoms with van der Waals surface area (Å²) in [5, 5.41) is 0.538. The molecule has 1 heterocycles. The third-order valence-electron chi connectivity index (χ3n) is 2.73. The molecule has 2 rings (SSSR count). The van der Waals surface area contributed by atoms with Gasteiger partial charge in [0, 0.05) is 22.1 Å². The lowest BCUT2D eigenvalue weighted by Gasteiger charge is -2.14. The first-order valence-electron chi connectivity index (χ1n) is 5.29. The molecule has 1 atom stereocenters. The smallest absolute Gasteiger partial charge is 0.260 e. The topological polar surface area (TPSA) is 37.4 Å². The third kappa shape index (κ3) is 2.63. The van der Waals surface area contributed by atoms with Gasteiger partial charge in [-0.1, -0.05) is 18.5 Å². The Kier molecular flexibility index (Phi) is 3.73. The van der Waals surface area contributed by atoms with Crippen molar-refractivity contribution in [1.29, 1.82) is 0 Å². The molecule has 0 spiro atoms. The van der Waals surface area contributed by atoms with Crippen LogP contribution in [0, 0.1) is 9.49 Å². The van der Waals surface area contributed by atoms with Crippen molar-refractivity contribution < 1.29 is 9.59 Å². The van der Waals surface area contributed by atoms with Crippen LogP contribution >= 0.6 is 34.2 Å². The zero-order chi connectivity index (χ0) is 12.6. The number of imide groups is 1. The molecule has 90 valence electrons. The maximum atomic E-state index is 12.1. The Bertz CT molecular complexity index is 489. The molecule has 1 aliphatic heterocycles. The van der Waals surface area contributed by atoms with E-state index in [2.05, 4.69) is 22.6 Å². The molecular formula is C12H11ClINO2. The van der Waals surface area contributed by atoms with Crippen LogP contribution in [0.4, 0.5) is 0 Å². The van der Waals surface area contributed by atoms with Crippen molar-refractivity contribution in [2.24, 2.45) is 5.92 Å². The summed E-state index contributed by atoms with van der Waals surface area (Å²) in [5.74, 6) is -0.111. The van der Waals surface area contributed by atoms with Crippen molar-refractivity contribution in [1.82, 2.24) is 4.90 Å². The Morgan fingerprint density at radius 2 is 2.24 bits per heavy atom. The van der Waals surface area contributed by atoms with Crippen molar-refractivity contribution in [3.8, 4) is 0 Å². The number of halogens is 2. The maximum absolute atomic E-state index is 12.1. The summed E-state index contributed by atoms with van der Waals surface area (Å²) in [4.78, 5) is 25.0. The molecule has 1 aliphatic rings. The highest BCUT2D eigenvalue weighted by atomic mass is 127. The summed E-state index contributed by atoms with van der Waals surface area (Å²) in [7, 11) is 0. The van der Waals surface area contributed by atoms with Crippen LogP contribution in [-0.4, -0.2) is 23.3 Å². The van der Waals surface area contributed by atoms with Crippen molar-refractivity contribution in [3.63, 3.8) is 0 Å². The van der Waals surface area contributed by atoms with E-state index in [0.29, 0.717) is 23.6 Å². The molecule has 1 fully saturated rings. The first-order chi connectivity index (χ1) is 7.99. The second kappa shape index (κ2) is 4.94. The Morgan fingerprint density at radius 3 is 2.76 bits per heavy atom. The fraction of sp³-hybridized carbons (Fsp3) is 0.333. The van der Waals surface area contributed by atoms with Gasteiger partial charge in [0.1, 0.15) is 0 Å². The summed E-state index contributed by atoms with van der Waals surface area (Å²) in [6.45, 7) is 2.47. The molecule has 2 amide bonds. The minimum Gasteiger partial charge on any atom is -0.278 e. The second-order valence-corrected chi connectivity index (χ2v) is 5.82. The number of benzene rings is 1. The standard InChI is InChI=1S/C12H11ClINO2/c1-7-4-11(16)15(6-7)12(17)8-2-3-10(14)9(13)5-8/h2-3,5,7H,4,6H2,1H3. The monoisotopic (exact) mass is 363 g/mol. The van der Waals surface area contributed by atoms with Gasteiger partial charge in [-0.2, -0.15) is 0 Å². The van der Waals surface area contributed by atoms with Gasteiger partial charge < -0.3 is 0 Å². The van der Waals surface area contributed by atoms with E-state index in [4.69, 9.17) is 11.6 Å². The van der Waals surface area contributed by atoms with Crippen molar-refractivity contribution >= 4 is 46.0 Å². The molecule has 1 aromatic rings. The van der Waals surface area contributed by atoms with Gasteiger partial charge in [0.2, 0.25) is 5.91 Å². The van der Waals surface area contributed by atoms with Crippen LogP contribution in [-0.2, 0) is 4.79 Å². The summed E-state index contributed by atoms with van der Waals surface area (Å²) in [6.07, 6.45) is 0.448. The average Bonchev–Trinajstić information content (AvgIpc) is 2.61. The van der Waals surface area contributed by atoms with E-state index in [1.807, 2.05) is 6.92 Å². The first-order valence-corrected chi connectivity index (χ1v) is 6.74. The molecule has 0 bridgehead atoms. The second-order valence-electron chi connectivity index (χ2n) is 4.25. The van der Waals surface area contributed by atoms with Crippen LogP contribution in [0.2, 0.25) is 5.02 Å². The van der Waals surface area contributed by atoms with E-state index in [-0.39, 0.29) is 17.7 Å². The van der Waals surface area contributed by atoms with Gasteiger partial charge in [-0.25, -0.2) is 0 Å². The Morgan fingerprint density at radius 1 is 1.53 bits per heavy atom. The lowest BCUT2D eigenvalue weighted by atomic mass is 10.2. The number of hydrogen-bond acceptors (Lipinski definition) is 2. The van der Waals surface area contributed by atoms with E-state index >= 15 is 0 Å². The van der Waals surface area contributed by atoms with Crippen molar-refractivity contribution in [2.45, 2.75) is 13.3 Å². The van der Waals surface area contributed by atoms with E-state index in [0.717, 1.165) is 3.57 Å². The molecule has 1 aromatic carbocycles. The van der Waals surface area contributed by atoms with E-state index in [1.165, 1.54) is 4.90 Å². The van der Waals surface area contributed by atoms with E-state index < -0.39 is 0 Å². The fourth-order valence-corrected chi connectivity index (χ4v) is 2.38. The Hall–Kier alpha value is -0.620. The average molecular weight is 364 g/mol. The number of nitrogens with zero attached hydrogens (tertiary/aromatic N) is 1. The van der Waals surface area contributed by atoms with Crippen LogP contribution in [0.3, 0.4) is 0 Å². The number of rotatable bonds is 1. The third-order valence-corrected chi connectivity index (χ3v) is 4.30. The molecule has 5 heteroatoms. The highest BCUT2D eigenvalue weighted by Crippen LogP contribution is 2.23. The van der Waals surface area contributed by atoms with Gasteiger partial charge in [-0.05, 0) is 46.7 Å². The Balaban J connectivity index is 2.25. The van der Waals surface area contributed by atoms with Gasteiger partial charge in [-0.3, -0.25) is 14.5 Å². The van der Waals surface area contributed by atoms with Crippen molar-refractivity contribution in [3.05, 3.63) is 32.4 Å². The summed E-state index contributed by atoms with van der Waals surface area (Å²) < 4.78 is 0.891. The predicted octanol–water partition coefficient (Wildman–Crippen LogP) is 2.95. The van der Waals surface area contributed by atoms with Crippen molar-refractivity contribution in [2.75, 3.05) is 6.54 Å². The van der Waals surface area contributed by atoms with Crippen LogP contribution in [0.15, 0.2) is 18.2 Å². The molecule has 0 aromatic heterocycles. The highest BCUT2D eigenvalue weighted by molar-refractivity contribution is 14.1. The molecule has 3 nitrogen and oxygen atoms in total. The lowest BCUT2D eigenvalue weighted by molar-refractivity contribution is -0.125. The molecule has 17 heavy (non-hydrogen) atoms. The number of likely N-dealkylation sites (tertiary alicyclic amines) is 1. The molecular weight excluding hydrogens is 352 g/mol. The summed E-state index contributed by atoms with van der Waals surface area (Å²) in [6, 6.07) is 5.09. The van der Waals surface area contributed by atoms with Gasteiger partial charge >= 0.3 is 0 Å². The van der Waals surface area contributed by atoms with Gasteiger partial charge in [0.05, 0.1) is 5.02 Å². The largest absolute Gasteiger partial charge is 0.278 e. The predicted molar refractivity (Wildman–Crippen MR) is 74.0 cm³/mol. The first kappa shape index (κ1) is 12.8. The SMILES string of the molecule is CC1CC(=O)N(C(=O)c2ccc(I)c(Cl)c2)C1. The molecule has 0 N–H and O–H groups in total. The molecule has 0 aliphatic carbocycles. The fourth-order valence-electron chi connectivity index (χ4n) is 1.87. The molecule has 1 saturated heterocycles. The minimum absolute atomic E-state index is 0.0998. The summed E-state index contributed by atoms with van der Waals surface area (Å²) >= 11 is 8.06. The van der Waals surface area contributed by atoms with Gasteiger partial charge in [0.25, 0.3) is 5.91 Å². The van der Waals surface area contributed by atoms with Crippen LogP contribution in [0.5, 0.6) is 0 Å². The van der Waals surface area contributed by atoms with Crippen LogP contribution in [0.25, 0.3) is 0 Å². The zero-order valence-electron chi connectivity index (χ0n) is 9.24. The minimum atomic E-state index is -0.252. The molecule has 0 saturated carbocycles. The maximum Gasteiger partial charge on any atom is 0.260 e. The van der Waals surface area contributed by atoms with E-state index in [1.54, 1.807) is 18.2 Å². The summed E-state index contributed by atoms with van der Waals surface area (Å²) in [5.41, 5.74) is 0.470. The number of amides is 2. The number of carbonyl (C=O) groups excluding carboxylic acids is 2. The van der Waals surface area contributed by atoms with Gasteiger partial charge in [-0.15, -0.1) is 0 Å².